The number of fused-ring (bicyclic) bond motifs is 1. The van der Waals surface area contributed by atoms with Crippen molar-refractivity contribution in [3.63, 3.8) is 0 Å². The fourth-order valence-electron chi connectivity index (χ4n) is 2.13. The summed E-state index contributed by atoms with van der Waals surface area (Å²) in [7, 11) is 0. The van der Waals surface area contributed by atoms with Gasteiger partial charge in [-0.1, -0.05) is 0 Å². The van der Waals surface area contributed by atoms with E-state index in [0.717, 1.165) is 33.8 Å². The molecule has 5 heteroatoms. The third-order valence-electron chi connectivity index (χ3n) is 3.25. The molecule has 3 rings (SSSR count). The average molecular weight is 268 g/mol. The molecule has 2 heterocycles. The number of hydrogen-bond donors (Lipinski definition) is 1. The highest BCUT2D eigenvalue weighted by molar-refractivity contribution is 5.59. The van der Waals surface area contributed by atoms with Crippen molar-refractivity contribution in [3.8, 4) is 11.6 Å². The van der Waals surface area contributed by atoms with Gasteiger partial charge in [-0.25, -0.2) is 9.50 Å². The molecular weight excluding hydrogens is 252 g/mol. The minimum Gasteiger partial charge on any atom is -0.437 e. The van der Waals surface area contributed by atoms with Crippen LogP contribution < -0.4 is 10.5 Å². The Balaban J connectivity index is 2.07. The number of benzene rings is 1. The van der Waals surface area contributed by atoms with Crippen LogP contribution in [0.2, 0.25) is 0 Å². The highest BCUT2D eigenvalue weighted by Gasteiger charge is 2.10. The van der Waals surface area contributed by atoms with E-state index in [-0.39, 0.29) is 0 Å². The van der Waals surface area contributed by atoms with Crippen LogP contribution in [-0.4, -0.2) is 14.6 Å². The van der Waals surface area contributed by atoms with Gasteiger partial charge < -0.3 is 10.5 Å². The highest BCUT2D eigenvalue weighted by atomic mass is 16.5. The van der Waals surface area contributed by atoms with Crippen molar-refractivity contribution in [2.24, 2.45) is 0 Å². The summed E-state index contributed by atoms with van der Waals surface area (Å²) in [4.78, 5) is 4.29. The summed E-state index contributed by atoms with van der Waals surface area (Å²) in [6.45, 7) is 5.86. The Hall–Kier alpha value is -2.56. The molecule has 0 atom stereocenters. The molecule has 5 nitrogen and oxygen atoms in total. The molecule has 0 spiro atoms. The van der Waals surface area contributed by atoms with Crippen molar-refractivity contribution in [2.75, 3.05) is 5.73 Å². The van der Waals surface area contributed by atoms with Crippen molar-refractivity contribution in [1.82, 2.24) is 14.6 Å². The molecule has 3 aromatic rings. The summed E-state index contributed by atoms with van der Waals surface area (Å²) in [5.41, 5.74) is 10.4. The molecule has 0 saturated carbocycles. The second-order valence-corrected chi connectivity index (χ2v) is 4.92. The zero-order chi connectivity index (χ0) is 14.3. The third kappa shape index (κ3) is 2.07. The Kier molecular flexibility index (Phi) is 2.82. The van der Waals surface area contributed by atoms with Gasteiger partial charge in [-0.05, 0) is 50.1 Å². The molecule has 102 valence electrons. The molecule has 0 aliphatic heterocycles. The molecule has 0 fully saturated rings. The van der Waals surface area contributed by atoms with Gasteiger partial charge in [-0.3, -0.25) is 0 Å². The minimum atomic E-state index is 0.542. The van der Waals surface area contributed by atoms with Gasteiger partial charge in [-0.2, -0.15) is 5.10 Å². The van der Waals surface area contributed by atoms with E-state index in [9.17, 15) is 0 Å². The van der Waals surface area contributed by atoms with Crippen LogP contribution in [0.15, 0.2) is 30.6 Å². The van der Waals surface area contributed by atoms with Crippen molar-refractivity contribution < 1.29 is 4.74 Å². The molecule has 2 aromatic heterocycles. The van der Waals surface area contributed by atoms with Crippen LogP contribution in [0.3, 0.4) is 0 Å². The molecule has 0 saturated heterocycles. The van der Waals surface area contributed by atoms with Crippen LogP contribution in [0, 0.1) is 20.8 Å². The van der Waals surface area contributed by atoms with Crippen LogP contribution in [0.4, 0.5) is 5.69 Å². The molecule has 0 radical (unpaired) electrons. The summed E-state index contributed by atoms with van der Waals surface area (Å²) in [6.07, 6.45) is 3.48. The summed E-state index contributed by atoms with van der Waals surface area (Å²) >= 11 is 0. The third-order valence-corrected chi connectivity index (χ3v) is 3.25. The highest BCUT2D eigenvalue weighted by Crippen LogP contribution is 2.30. The number of aryl methyl sites for hydroxylation is 3. The van der Waals surface area contributed by atoms with Crippen LogP contribution >= 0.6 is 0 Å². The fraction of sp³-hybridized carbons (Fsp3) is 0.200. The summed E-state index contributed by atoms with van der Waals surface area (Å²) in [5.74, 6) is 1.30. The fourth-order valence-corrected chi connectivity index (χ4v) is 2.13. The Bertz CT molecular complexity index is 792. The number of nitrogens with two attached hydrogens (primary N) is 1. The maximum atomic E-state index is 5.94. The Morgan fingerprint density at radius 2 is 1.90 bits per heavy atom. The molecule has 0 aliphatic carbocycles. The van der Waals surface area contributed by atoms with Gasteiger partial charge in [0.2, 0.25) is 5.88 Å². The van der Waals surface area contributed by atoms with Crippen molar-refractivity contribution >= 4 is 11.2 Å². The first-order chi connectivity index (χ1) is 9.54. The van der Waals surface area contributed by atoms with Crippen molar-refractivity contribution in [1.29, 1.82) is 0 Å². The zero-order valence-corrected chi connectivity index (χ0v) is 11.7. The second-order valence-electron chi connectivity index (χ2n) is 4.92. The van der Waals surface area contributed by atoms with Crippen molar-refractivity contribution in [3.05, 3.63) is 47.4 Å². The summed E-state index contributed by atoms with van der Waals surface area (Å²) in [5, 5.41) is 4.35. The standard InChI is InChI=1S/C15H16N4O/c1-9-7-14(10(2)6-12(9)16)20-15-13-8-11(3)18-19(13)5-4-17-15/h4-8H,16H2,1-3H3. The predicted octanol–water partition coefficient (Wildman–Crippen LogP) is 3.03. The molecule has 0 aliphatic rings. The normalized spacial score (nSPS) is 10.9. The SMILES string of the molecule is Cc1cc2c(Oc3cc(C)c(N)cc3C)nccn2n1. The number of nitrogens with zero attached hydrogens (tertiary/aromatic N) is 3. The lowest BCUT2D eigenvalue weighted by Crippen LogP contribution is -1.97. The van der Waals surface area contributed by atoms with E-state index in [0.29, 0.717) is 5.88 Å². The topological polar surface area (TPSA) is 65.4 Å². The first kappa shape index (κ1) is 12.5. The molecule has 0 amide bonds. The maximum absolute atomic E-state index is 5.94. The Morgan fingerprint density at radius 3 is 2.70 bits per heavy atom. The van der Waals surface area contributed by atoms with Gasteiger partial charge in [-0.15, -0.1) is 0 Å². The summed E-state index contributed by atoms with van der Waals surface area (Å²) in [6, 6.07) is 5.79. The van der Waals surface area contributed by atoms with Crippen LogP contribution in [0.1, 0.15) is 16.8 Å². The van der Waals surface area contributed by atoms with Gasteiger partial charge in [0.25, 0.3) is 0 Å². The lowest BCUT2D eigenvalue weighted by Gasteiger charge is -2.11. The maximum Gasteiger partial charge on any atom is 0.245 e. The van der Waals surface area contributed by atoms with E-state index in [4.69, 9.17) is 10.5 Å². The number of rotatable bonds is 2. The molecular formula is C15H16N4O. The van der Waals surface area contributed by atoms with Gasteiger partial charge in [0.1, 0.15) is 11.3 Å². The molecule has 2 N–H and O–H groups in total. The van der Waals surface area contributed by atoms with E-state index in [1.54, 1.807) is 16.9 Å². The number of hydrogen-bond acceptors (Lipinski definition) is 4. The van der Waals surface area contributed by atoms with Gasteiger partial charge in [0.05, 0.1) is 5.69 Å². The largest absolute Gasteiger partial charge is 0.437 e. The predicted molar refractivity (Wildman–Crippen MR) is 78.1 cm³/mol. The quantitative estimate of drug-likeness (QED) is 0.725. The number of ether oxygens (including phenoxy) is 1. The molecule has 20 heavy (non-hydrogen) atoms. The average Bonchev–Trinajstić information content (AvgIpc) is 2.77. The number of anilines is 1. The second kappa shape index (κ2) is 4.52. The van der Waals surface area contributed by atoms with E-state index >= 15 is 0 Å². The molecule has 0 bridgehead atoms. The van der Waals surface area contributed by atoms with Crippen molar-refractivity contribution in [2.45, 2.75) is 20.8 Å². The van der Waals surface area contributed by atoms with Crippen LogP contribution in [-0.2, 0) is 0 Å². The molecule has 0 unspecified atom stereocenters. The molecule has 1 aromatic carbocycles. The first-order valence-corrected chi connectivity index (χ1v) is 6.40. The van der Waals surface area contributed by atoms with Crippen LogP contribution in [0.25, 0.3) is 5.52 Å². The van der Waals surface area contributed by atoms with E-state index in [2.05, 4.69) is 10.1 Å². The smallest absolute Gasteiger partial charge is 0.245 e. The first-order valence-electron chi connectivity index (χ1n) is 6.40. The van der Waals surface area contributed by atoms with Crippen LogP contribution in [0.5, 0.6) is 11.6 Å². The monoisotopic (exact) mass is 268 g/mol. The Labute approximate surface area is 117 Å². The minimum absolute atomic E-state index is 0.542. The number of nitrogen functional groups attached to an aromatic ring is 1. The lowest BCUT2D eigenvalue weighted by atomic mass is 10.1. The van der Waals surface area contributed by atoms with Gasteiger partial charge >= 0.3 is 0 Å². The van der Waals surface area contributed by atoms with E-state index in [1.165, 1.54) is 0 Å². The van der Waals surface area contributed by atoms with E-state index in [1.807, 2.05) is 39.0 Å². The number of aromatic nitrogens is 3. The van der Waals surface area contributed by atoms with Gasteiger partial charge in [0.15, 0.2) is 0 Å². The lowest BCUT2D eigenvalue weighted by molar-refractivity contribution is 0.462. The summed E-state index contributed by atoms with van der Waals surface area (Å²) < 4.78 is 7.71. The van der Waals surface area contributed by atoms with Gasteiger partial charge in [0, 0.05) is 18.1 Å². The zero-order valence-electron chi connectivity index (χ0n) is 11.7. The Morgan fingerprint density at radius 1 is 1.10 bits per heavy atom. The van der Waals surface area contributed by atoms with E-state index < -0.39 is 0 Å².